The number of nitrogens with zero attached hydrogens (tertiary/aromatic N) is 2. The fourth-order valence-corrected chi connectivity index (χ4v) is 2.88. The first-order chi connectivity index (χ1) is 8.17. The maximum absolute atomic E-state index is 5.91. The highest BCUT2D eigenvalue weighted by Crippen LogP contribution is 2.31. The highest BCUT2D eigenvalue weighted by Gasteiger charge is 2.15. The van der Waals surface area contributed by atoms with E-state index in [-0.39, 0.29) is 0 Å². The lowest BCUT2D eigenvalue weighted by molar-refractivity contribution is 0.696. The van der Waals surface area contributed by atoms with Gasteiger partial charge in [-0.1, -0.05) is 30.7 Å². The topological polar surface area (TPSA) is 17.8 Å². The molecule has 0 aliphatic carbocycles. The highest BCUT2D eigenvalue weighted by molar-refractivity contribution is 7.98. The third-order valence-corrected chi connectivity index (χ3v) is 3.90. The zero-order chi connectivity index (χ0) is 12.4. The largest absolute Gasteiger partial charge is 0.261 e. The molecule has 90 valence electrons. The summed E-state index contributed by atoms with van der Waals surface area (Å²) in [5.74, 6) is 0. The van der Waals surface area contributed by atoms with Crippen molar-refractivity contribution < 1.29 is 0 Å². The van der Waals surface area contributed by atoms with Crippen molar-refractivity contribution in [2.45, 2.75) is 18.4 Å². The third kappa shape index (κ3) is 2.35. The van der Waals surface area contributed by atoms with Gasteiger partial charge in [0, 0.05) is 23.2 Å². The average molecular weight is 267 g/mol. The lowest BCUT2D eigenvalue weighted by atomic mass is 10.1. The Bertz CT molecular complexity index is 517. The van der Waals surface area contributed by atoms with E-state index in [4.69, 9.17) is 11.6 Å². The molecule has 2 rings (SSSR count). The first-order valence-corrected chi connectivity index (χ1v) is 7.13. The second-order valence-electron chi connectivity index (χ2n) is 3.82. The number of halogens is 1. The predicted molar refractivity (Wildman–Crippen MR) is 74.8 cm³/mol. The van der Waals surface area contributed by atoms with Gasteiger partial charge in [-0.15, -0.1) is 11.8 Å². The van der Waals surface area contributed by atoms with E-state index in [1.54, 1.807) is 11.8 Å². The van der Waals surface area contributed by atoms with Crippen LogP contribution in [0.5, 0.6) is 0 Å². The summed E-state index contributed by atoms with van der Waals surface area (Å²) in [5.41, 5.74) is 3.50. The molecule has 0 saturated heterocycles. The van der Waals surface area contributed by atoms with Crippen LogP contribution in [0.1, 0.15) is 12.5 Å². The van der Waals surface area contributed by atoms with E-state index in [1.807, 2.05) is 36.0 Å². The number of hydrogen-bond acceptors (Lipinski definition) is 2. The Morgan fingerprint density at radius 3 is 2.47 bits per heavy atom. The lowest BCUT2D eigenvalue weighted by Gasteiger charge is -2.02. The molecule has 0 saturated carbocycles. The van der Waals surface area contributed by atoms with Crippen molar-refractivity contribution in [2.75, 3.05) is 6.26 Å². The molecule has 4 heteroatoms. The molecule has 0 fully saturated rings. The van der Waals surface area contributed by atoms with Crippen LogP contribution in [0.15, 0.2) is 29.3 Å². The van der Waals surface area contributed by atoms with E-state index in [2.05, 4.69) is 18.3 Å². The molecule has 1 heterocycles. The molecule has 0 aliphatic heterocycles. The molecule has 0 atom stereocenters. The van der Waals surface area contributed by atoms with Crippen LogP contribution in [0, 0.1) is 0 Å². The first-order valence-electron chi connectivity index (χ1n) is 5.53. The fourth-order valence-electron chi connectivity index (χ4n) is 1.97. The molecule has 1 aromatic carbocycles. The molecule has 2 aromatic rings. The van der Waals surface area contributed by atoms with Crippen LogP contribution in [0.2, 0.25) is 5.02 Å². The van der Waals surface area contributed by atoms with Gasteiger partial charge in [-0.25, -0.2) is 0 Å². The molecule has 17 heavy (non-hydrogen) atoms. The van der Waals surface area contributed by atoms with Gasteiger partial charge < -0.3 is 0 Å². The second-order valence-corrected chi connectivity index (χ2v) is 5.05. The maximum atomic E-state index is 5.91. The fraction of sp³-hybridized carbons (Fsp3) is 0.308. The van der Waals surface area contributed by atoms with Gasteiger partial charge >= 0.3 is 0 Å². The van der Waals surface area contributed by atoms with Crippen LogP contribution in [-0.4, -0.2) is 16.0 Å². The molecule has 1 aromatic heterocycles. The average Bonchev–Trinajstić information content (AvgIpc) is 2.66. The summed E-state index contributed by atoms with van der Waals surface area (Å²) in [5, 5.41) is 6.60. The summed E-state index contributed by atoms with van der Waals surface area (Å²) in [6, 6.07) is 7.86. The quantitative estimate of drug-likeness (QED) is 0.781. The highest BCUT2D eigenvalue weighted by atomic mass is 35.5. The molecular formula is C13H15ClN2S. The number of hydrogen-bond donors (Lipinski definition) is 0. The van der Waals surface area contributed by atoms with E-state index < -0.39 is 0 Å². The molecule has 0 amide bonds. The van der Waals surface area contributed by atoms with Crippen molar-refractivity contribution >= 4 is 23.4 Å². The Morgan fingerprint density at radius 1 is 1.29 bits per heavy atom. The number of thioether (sulfide) groups is 1. The Morgan fingerprint density at radius 2 is 1.94 bits per heavy atom. The monoisotopic (exact) mass is 266 g/mol. The minimum atomic E-state index is 0.757. The van der Waals surface area contributed by atoms with Crippen LogP contribution >= 0.6 is 23.4 Å². The van der Waals surface area contributed by atoms with Gasteiger partial charge in [0.2, 0.25) is 0 Å². The minimum Gasteiger partial charge on any atom is -0.261 e. The number of aryl methyl sites for hydroxylation is 1. The van der Waals surface area contributed by atoms with Crippen molar-refractivity contribution in [3.05, 3.63) is 34.9 Å². The Hall–Kier alpha value is -0.930. The van der Waals surface area contributed by atoms with Crippen molar-refractivity contribution in [1.82, 2.24) is 9.78 Å². The normalized spacial score (nSPS) is 10.8. The lowest BCUT2D eigenvalue weighted by Crippen LogP contribution is -1.92. The summed E-state index contributed by atoms with van der Waals surface area (Å²) in [7, 11) is 1.99. The molecule has 0 aliphatic rings. The van der Waals surface area contributed by atoms with E-state index in [0.29, 0.717) is 0 Å². The molecule has 2 nitrogen and oxygen atoms in total. The van der Waals surface area contributed by atoms with Crippen molar-refractivity contribution in [3.8, 4) is 11.3 Å². The van der Waals surface area contributed by atoms with Gasteiger partial charge in [-0.05, 0) is 24.8 Å². The summed E-state index contributed by atoms with van der Waals surface area (Å²) < 4.78 is 1.95. The van der Waals surface area contributed by atoms with Crippen molar-refractivity contribution in [3.63, 3.8) is 0 Å². The van der Waals surface area contributed by atoms with Crippen LogP contribution in [0.25, 0.3) is 11.3 Å². The SMILES string of the molecule is CCc1c(-c2ccc(Cl)cc2)nn(C)c1SC. The first kappa shape index (κ1) is 12.5. The standard InChI is InChI=1S/C13H15ClN2S/c1-4-11-12(15-16(2)13(11)17-3)9-5-7-10(14)8-6-9/h5-8H,4H2,1-3H3. The molecular weight excluding hydrogens is 252 g/mol. The van der Waals surface area contributed by atoms with Crippen LogP contribution in [0.4, 0.5) is 0 Å². The van der Waals surface area contributed by atoms with Gasteiger partial charge in [0.05, 0.1) is 10.7 Å². The van der Waals surface area contributed by atoms with Gasteiger partial charge in [0.25, 0.3) is 0 Å². The van der Waals surface area contributed by atoms with Crippen molar-refractivity contribution in [2.24, 2.45) is 7.05 Å². The minimum absolute atomic E-state index is 0.757. The Balaban J connectivity index is 2.55. The van der Waals surface area contributed by atoms with Gasteiger partial charge in [-0.3, -0.25) is 4.68 Å². The van der Waals surface area contributed by atoms with Crippen molar-refractivity contribution in [1.29, 1.82) is 0 Å². The molecule has 0 unspecified atom stereocenters. The van der Waals surface area contributed by atoms with Gasteiger partial charge in [0.1, 0.15) is 0 Å². The van der Waals surface area contributed by atoms with Crippen LogP contribution in [0.3, 0.4) is 0 Å². The molecule has 0 N–H and O–H groups in total. The van der Waals surface area contributed by atoms with Crippen LogP contribution in [-0.2, 0) is 13.5 Å². The van der Waals surface area contributed by atoms with E-state index in [9.17, 15) is 0 Å². The smallest absolute Gasteiger partial charge is 0.0972 e. The second kappa shape index (κ2) is 5.15. The third-order valence-electron chi connectivity index (χ3n) is 2.75. The summed E-state index contributed by atoms with van der Waals surface area (Å²) in [6.45, 7) is 2.16. The number of rotatable bonds is 3. The van der Waals surface area contributed by atoms with E-state index >= 15 is 0 Å². The summed E-state index contributed by atoms with van der Waals surface area (Å²) >= 11 is 7.65. The zero-order valence-corrected chi connectivity index (χ0v) is 11.8. The maximum Gasteiger partial charge on any atom is 0.0972 e. The molecule has 0 bridgehead atoms. The van der Waals surface area contributed by atoms with Gasteiger partial charge in [0.15, 0.2) is 0 Å². The Kier molecular flexibility index (Phi) is 3.79. The summed E-state index contributed by atoms with van der Waals surface area (Å²) in [4.78, 5) is 0. The van der Waals surface area contributed by atoms with Gasteiger partial charge in [-0.2, -0.15) is 5.10 Å². The molecule has 0 spiro atoms. The zero-order valence-electron chi connectivity index (χ0n) is 10.2. The number of aromatic nitrogens is 2. The van der Waals surface area contributed by atoms with E-state index in [0.717, 1.165) is 22.7 Å². The predicted octanol–water partition coefficient (Wildman–Crippen LogP) is 4.02. The number of benzene rings is 1. The molecule has 0 radical (unpaired) electrons. The van der Waals surface area contributed by atoms with Crippen LogP contribution < -0.4 is 0 Å². The summed E-state index contributed by atoms with van der Waals surface area (Å²) in [6.07, 6.45) is 3.07. The van der Waals surface area contributed by atoms with E-state index in [1.165, 1.54) is 10.6 Å². The Labute approximate surface area is 111 Å².